The second-order valence-electron chi connectivity index (χ2n) is 19.5. The molecule has 0 bridgehead atoms. The van der Waals surface area contributed by atoms with Crippen molar-refractivity contribution in [3.05, 3.63) is 35.9 Å². The fourth-order valence-electron chi connectivity index (χ4n) is 8.55. The fourth-order valence-corrected chi connectivity index (χ4v) is 10.6. The third kappa shape index (κ3) is 19.1. The van der Waals surface area contributed by atoms with E-state index < -0.39 is 95.7 Å². The van der Waals surface area contributed by atoms with Gasteiger partial charge >= 0.3 is 0 Å². The molecule has 11 atom stereocenters. The molecular formula is C49H80N12O9S2. The molecule has 0 aliphatic carbocycles. The summed E-state index contributed by atoms with van der Waals surface area (Å²) < 4.78 is 0. The molecule has 9 amide bonds. The molecule has 11 unspecified atom stereocenters. The smallest absolute Gasteiger partial charge is 0.244 e. The van der Waals surface area contributed by atoms with E-state index in [2.05, 4.69) is 47.9 Å². The Bertz CT molecular complexity index is 2000. The van der Waals surface area contributed by atoms with Gasteiger partial charge in [-0.3, -0.25) is 48.1 Å². The number of nitrogens with zero attached hydrogens (tertiary/aromatic N) is 1. The number of amides is 9. The van der Waals surface area contributed by atoms with Gasteiger partial charge in [0.2, 0.25) is 53.2 Å². The molecular weight excluding hydrogens is 965 g/mol. The van der Waals surface area contributed by atoms with Gasteiger partial charge in [-0.2, -0.15) is 23.5 Å². The lowest BCUT2D eigenvalue weighted by atomic mass is 9.99. The highest BCUT2D eigenvalue weighted by Gasteiger charge is 2.38. The first kappa shape index (κ1) is 59.6. The SMILES string of the molecule is CCC(C)C(N)C(=O)NC(C)C(=O)NC1CSCC(C(=O)NC2CN3CCCC3C(=O)NCC(=O)NCCSC2C)NC(=O)C(CC(C)C)NC(=O)C(Cc2ccccc2)NC(=O)C(CCCCN)NC1=O. The van der Waals surface area contributed by atoms with E-state index in [1.165, 1.54) is 18.7 Å². The lowest BCUT2D eigenvalue weighted by molar-refractivity contribution is -0.135. The maximum atomic E-state index is 14.8. The minimum Gasteiger partial charge on any atom is -0.354 e. The Balaban J connectivity index is 1.74. The number of benzene rings is 1. The summed E-state index contributed by atoms with van der Waals surface area (Å²) in [6.45, 7) is 12.3. The number of unbranched alkanes of at least 4 members (excludes halogenated alkanes) is 1. The van der Waals surface area contributed by atoms with Gasteiger partial charge in [0.1, 0.15) is 36.3 Å². The number of thioether (sulfide) groups is 2. The van der Waals surface area contributed by atoms with E-state index in [4.69, 9.17) is 11.5 Å². The summed E-state index contributed by atoms with van der Waals surface area (Å²) in [5.41, 5.74) is 12.7. The van der Waals surface area contributed by atoms with Crippen LogP contribution in [0, 0.1) is 11.8 Å². The van der Waals surface area contributed by atoms with Gasteiger partial charge in [-0.25, -0.2) is 0 Å². The molecule has 402 valence electrons. The Morgan fingerprint density at radius 3 is 2.19 bits per heavy atom. The topological polar surface area (TPSA) is 317 Å². The van der Waals surface area contributed by atoms with Gasteiger partial charge in [0, 0.05) is 42.0 Å². The van der Waals surface area contributed by atoms with E-state index in [1.54, 1.807) is 24.3 Å². The molecule has 3 fully saturated rings. The van der Waals surface area contributed by atoms with Crippen molar-refractivity contribution in [1.82, 2.24) is 52.8 Å². The molecule has 0 saturated carbocycles. The Hall–Kier alpha value is -4.97. The molecule has 13 N–H and O–H groups in total. The maximum Gasteiger partial charge on any atom is 0.244 e. The molecule has 23 heteroatoms. The third-order valence-corrected chi connectivity index (χ3v) is 15.6. The van der Waals surface area contributed by atoms with Gasteiger partial charge in [0.05, 0.1) is 24.7 Å². The highest BCUT2D eigenvalue weighted by Crippen LogP contribution is 2.23. The molecule has 3 aliphatic rings. The Kier molecular flexibility index (Phi) is 25.1. The average Bonchev–Trinajstić information content (AvgIpc) is 3.82. The van der Waals surface area contributed by atoms with Crippen LogP contribution in [-0.4, -0.2) is 168 Å². The summed E-state index contributed by atoms with van der Waals surface area (Å²) in [4.78, 5) is 127. The van der Waals surface area contributed by atoms with Crippen LogP contribution in [-0.2, 0) is 49.6 Å². The molecule has 3 aliphatic heterocycles. The van der Waals surface area contributed by atoms with Gasteiger partial charge in [-0.1, -0.05) is 71.4 Å². The third-order valence-electron chi connectivity index (χ3n) is 13.2. The second kappa shape index (κ2) is 30.3. The molecule has 72 heavy (non-hydrogen) atoms. The molecule has 3 saturated heterocycles. The van der Waals surface area contributed by atoms with Crippen molar-refractivity contribution in [1.29, 1.82) is 0 Å². The molecule has 1 aromatic carbocycles. The highest BCUT2D eigenvalue weighted by molar-refractivity contribution is 8.00. The van der Waals surface area contributed by atoms with Crippen LogP contribution in [0.5, 0.6) is 0 Å². The molecule has 21 nitrogen and oxygen atoms in total. The first-order valence-corrected chi connectivity index (χ1v) is 27.6. The van der Waals surface area contributed by atoms with Crippen LogP contribution < -0.4 is 59.3 Å². The summed E-state index contributed by atoms with van der Waals surface area (Å²) in [5.74, 6) is -5.13. The quantitative estimate of drug-likeness (QED) is 0.0865. The van der Waals surface area contributed by atoms with E-state index >= 15 is 0 Å². The van der Waals surface area contributed by atoms with E-state index in [0.29, 0.717) is 63.2 Å². The van der Waals surface area contributed by atoms with E-state index in [-0.39, 0.29) is 66.2 Å². The zero-order chi connectivity index (χ0) is 52.9. The summed E-state index contributed by atoms with van der Waals surface area (Å²) >= 11 is 2.62. The second-order valence-corrected chi connectivity index (χ2v) is 22.1. The van der Waals surface area contributed by atoms with Gasteiger partial charge in [0.25, 0.3) is 0 Å². The molecule has 4 rings (SSSR count). The van der Waals surface area contributed by atoms with E-state index in [0.717, 1.165) is 18.2 Å². The lowest BCUT2D eigenvalue weighted by Gasteiger charge is -2.33. The Labute approximate surface area is 432 Å². The van der Waals surface area contributed by atoms with Crippen LogP contribution in [0.2, 0.25) is 0 Å². The van der Waals surface area contributed by atoms with Gasteiger partial charge in [-0.05, 0) is 75.9 Å². The van der Waals surface area contributed by atoms with Crippen LogP contribution in [0.4, 0.5) is 0 Å². The van der Waals surface area contributed by atoms with Crippen molar-refractivity contribution in [2.45, 2.75) is 153 Å². The van der Waals surface area contributed by atoms with Crippen molar-refractivity contribution >= 4 is 76.7 Å². The van der Waals surface area contributed by atoms with E-state index in [1.807, 2.05) is 45.6 Å². The minimum absolute atomic E-state index is 0.0338. The van der Waals surface area contributed by atoms with Crippen molar-refractivity contribution in [3.8, 4) is 0 Å². The first-order valence-electron chi connectivity index (χ1n) is 25.4. The highest BCUT2D eigenvalue weighted by atomic mass is 32.2. The fraction of sp³-hybridized carbons (Fsp3) is 0.694. The minimum atomic E-state index is -1.33. The van der Waals surface area contributed by atoms with Crippen molar-refractivity contribution < 1.29 is 43.2 Å². The first-order chi connectivity index (χ1) is 34.3. The molecule has 3 heterocycles. The number of hydrogen-bond donors (Lipinski definition) is 11. The van der Waals surface area contributed by atoms with Crippen molar-refractivity contribution in [2.24, 2.45) is 23.3 Å². The van der Waals surface area contributed by atoms with Crippen molar-refractivity contribution in [3.63, 3.8) is 0 Å². The molecule has 0 radical (unpaired) electrons. The molecule has 0 spiro atoms. The standard InChI is InChI=1S/C49H80N12O9S2/c1-7-29(4)41(51)49(70)54-30(5)42(63)59-37-26-71-27-38(47(68)58-36-25-61-20-13-17-39(61)48(69)53-24-40(62)52-19-21-72-31(36)6)60-44(65)34(22-28(2)3)56-45(66)35(23-32-14-9-8-10-15-32)57-43(64)33(55-46(37)67)16-11-12-18-50/h8-10,14-15,28-31,33-39,41H,7,11-13,16-27,50-51H2,1-6H3,(H,52,62)(H,53,69)(H,54,70)(H,55,67)(H,56,66)(H,57,64)(H,58,68)(H,59,63)(H,60,65). The normalized spacial score (nSPS) is 27.0. The summed E-state index contributed by atoms with van der Waals surface area (Å²) in [5, 5.41) is 25.3. The van der Waals surface area contributed by atoms with Crippen LogP contribution in [0.1, 0.15) is 92.1 Å². The summed E-state index contributed by atoms with van der Waals surface area (Å²) in [6.07, 6.45) is 3.24. The van der Waals surface area contributed by atoms with Crippen molar-refractivity contribution in [2.75, 3.05) is 50.0 Å². The van der Waals surface area contributed by atoms with Crippen LogP contribution >= 0.6 is 23.5 Å². The largest absolute Gasteiger partial charge is 0.354 e. The average molecular weight is 1050 g/mol. The van der Waals surface area contributed by atoms with Gasteiger partial charge in [0.15, 0.2) is 0 Å². The number of carbonyl (C=O) groups excluding carboxylic acids is 9. The zero-order valence-corrected chi connectivity index (χ0v) is 44.4. The number of nitrogens with one attached hydrogen (secondary N) is 9. The van der Waals surface area contributed by atoms with Crippen LogP contribution in [0.15, 0.2) is 30.3 Å². The predicted molar refractivity (Wildman–Crippen MR) is 279 cm³/mol. The number of carbonyl (C=O) groups is 9. The summed E-state index contributed by atoms with van der Waals surface area (Å²) in [6, 6.07) is -0.189. The van der Waals surface area contributed by atoms with Crippen LogP contribution in [0.25, 0.3) is 0 Å². The number of rotatable bonds is 16. The summed E-state index contributed by atoms with van der Waals surface area (Å²) in [7, 11) is 0. The predicted octanol–water partition coefficient (Wildman–Crippen LogP) is -1.23. The number of fused-ring (bicyclic) bond motifs is 1. The molecule has 0 aromatic heterocycles. The Morgan fingerprint density at radius 2 is 1.50 bits per heavy atom. The maximum absolute atomic E-state index is 14.8. The zero-order valence-electron chi connectivity index (χ0n) is 42.7. The number of hydrogen-bond acceptors (Lipinski definition) is 14. The number of nitrogens with two attached hydrogens (primary N) is 2. The van der Waals surface area contributed by atoms with E-state index in [9.17, 15) is 43.2 Å². The van der Waals surface area contributed by atoms with Gasteiger partial charge < -0.3 is 59.3 Å². The lowest BCUT2D eigenvalue weighted by Crippen LogP contribution is -2.62. The molecule has 1 aromatic rings. The van der Waals surface area contributed by atoms with Crippen LogP contribution in [0.3, 0.4) is 0 Å². The van der Waals surface area contributed by atoms with Gasteiger partial charge in [-0.15, -0.1) is 0 Å². The monoisotopic (exact) mass is 1040 g/mol. The Morgan fingerprint density at radius 1 is 0.819 bits per heavy atom.